The Morgan fingerprint density at radius 3 is 2.44 bits per heavy atom. The highest BCUT2D eigenvalue weighted by molar-refractivity contribution is 9.10. The van der Waals surface area contributed by atoms with Crippen LogP contribution in [-0.4, -0.2) is 45.9 Å². The third-order valence-electron chi connectivity index (χ3n) is 3.97. The van der Waals surface area contributed by atoms with Gasteiger partial charge < -0.3 is 14.4 Å². The van der Waals surface area contributed by atoms with Gasteiger partial charge in [-0.25, -0.2) is 8.42 Å². The number of hydrogen-bond acceptors (Lipinski definition) is 5. The maximum Gasteiger partial charge on any atom is 0.179 e. The zero-order chi connectivity index (χ0) is 17.9. The van der Waals surface area contributed by atoms with Gasteiger partial charge >= 0.3 is 0 Å². The van der Waals surface area contributed by atoms with E-state index in [4.69, 9.17) is 9.47 Å². The molecule has 25 heavy (non-hydrogen) atoms. The lowest BCUT2D eigenvalue weighted by Crippen LogP contribution is -2.25. The number of nitrogens with zero attached hydrogens (tertiary/aromatic N) is 1. The molecule has 134 valence electrons. The number of ether oxygens (including phenoxy) is 2. The average Bonchev–Trinajstić information content (AvgIpc) is 2.60. The summed E-state index contributed by atoms with van der Waals surface area (Å²) in [6.45, 7) is 2.22. The Labute approximate surface area is 156 Å². The van der Waals surface area contributed by atoms with Gasteiger partial charge in [-0.2, -0.15) is 0 Å². The molecular formula is C18H20BrNO4S. The molecule has 0 saturated heterocycles. The monoisotopic (exact) mass is 425 g/mol. The van der Waals surface area contributed by atoms with Gasteiger partial charge in [0.25, 0.3) is 0 Å². The Kier molecular flexibility index (Phi) is 5.66. The molecule has 7 heteroatoms. The van der Waals surface area contributed by atoms with Crippen LogP contribution < -0.4 is 9.47 Å². The van der Waals surface area contributed by atoms with E-state index in [1.807, 2.05) is 30.1 Å². The summed E-state index contributed by atoms with van der Waals surface area (Å²) in [5.74, 6) is 1.59. The molecule has 0 unspecified atom stereocenters. The first-order valence-corrected chi connectivity index (χ1v) is 10.4. The van der Waals surface area contributed by atoms with Crippen LogP contribution in [0.5, 0.6) is 11.5 Å². The van der Waals surface area contributed by atoms with Crippen molar-refractivity contribution in [3.05, 3.63) is 52.5 Å². The standard InChI is InChI=1S/C18H20BrNO4S/c1-20(8-11-25(21,22)16-5-3-15(19)4-6-16)13-14-2-7-17-18(12-14)24-10-9-23-17/h2-7,12H,8-11,13H2,1H3. The number of rotatable bonds is 6. The second-order valence-corrected chi connectivity index (χ2v) is 9.01. The van der Waals surface area contributed by atoms with Gasteiger partial charge in [0.15, 0.2) is 21.3 Å². The zero-order valence-electron chi connectivity index (χ0n) is 13.9. The fourth-order valence-electron chi connectivity index (χ4n) is 2.61. The van der Waals surface area contributed by atoms with Crippen LogP contribution in [-0.2, 0) is 16.4 Å². The second-order valence-electron chi connectivity index (χ2n) is 5.99. The van der Waals surface area contributed by atoms with Gasteiger partial charge in [-0.15, -0.1) is 0 Å². The van der Waals surface area contributed by atoms with Crippen molar-refractivity contribution in [3.63, 3.8) is 0 Å². The molecule has 0 N–H and O–H groups in total. The van der Waals surface area contributed by atoms with Gasteiger partial charge in [-0.3, -0.25) is 0 Å². The van der Waals surface area contributed by atoms with E-state index in [1.54, 1.807) is 24.3 Å². The van der Waals surface area contributed by atoms with Gasteiger partial charge in [0.2, 0.25) is 0 Å². The van der Waals surface area contributed by atoms with Crippen molar-refractivity contribution in [2.24, 2.45) is 0 Å². The lowest BCUT2D eigenvalue weighted by atomic mass is 10.2. The Hall–Kier alpha value is -1.57. The van der Waals surface area contributed by atoms with Gasteiger partial charge in [0.1, 0.15) is 13.2 Å². The molecule has 1 aliphatic heterocycles. The highest BCUT2D eigenvalue weighted by Crippen LogP contribution is 2.31. The molecule has 0 fully saturated rings. The van der Waals surface area contributed by atoms with E-state index in [9.17, 15) is 8.42 Å². The third kappa shape index (κ3) is 4.74. The minimum absolute atomic E-state index is 0.0791. The number of sulfone groups is 1. The van der Waals surface area contributed by atoms with Crippen LogP contribution in [0.4, 0.5) is 0 Å². The van der Waals surface area contributed by atoms with Crippen molar-refractivity contribution in [1.29, 1.82) is 0 Å². The van der Waals surface area contributed by atoms with E-state index in [1.165, 1.54) is 0 Å². The van der Waals surface area contributed by atoms with E-state index in [-0.39, 0.29) is 5.75 Å². The van der Waals surface area contributed by atoms with Crippen molar-refractivity contribution >= 4 is 25.8 Å². The number of fused-ring (bicyclic) bond motifs is 1. The zero-order valence-corrected chi connectivity index (χ0v) is 16.3. The first-order chi connectivity index (χ1) is 11.9. The fourth-order valence-corrected chi connectivity index (χ4v) is 4.22. The Bertz CT molecular complexity index is 837. The molecule has 0 aliphatic carbocycles. The predicted molar refractivity (Wildman–Crippen MR) is 100.0 cm³/mol. The molecule has 0 amide bonds. The van der Waals surface area contributed by atoms with Gasteiger partial charge in [-0.1, -0.05) is 22.0 Å². The highest BCUT2D eigenvalue weighted by atomic mass is 79.9. The Morgan fingerprint density at radius 2 is 1.72 bits per heavy atom. The van der Waals surface area contributed by atoms with Crippen LogP contribution in [0.15, 0.2) is 51.8 Å². The summed E-state index contributed by atoms with van der Waals surface area (Å²) in [7, 11) is -1.38. The summed E-state index contributed by atoms with van der Waals surface area (Å²) >= 11 is 3.32. The lowest BCUT2D eigenvalue weighted by molar-refractivity contribution is 0.171. The molecule has 0 radical (unpaired) electrons. The average molecular weight is 426 g/mol. The molecule has 0 saturated carbocycles. The maximum atomic E-state index is 12.4. The number of halogens is 1. The van der Waals surface area contributed by atoms with Gasteiger partial charge in [-0.05, 0) is 49.0 Å². The quantitative estimate of drug-likeness (QED) is 0.711. The molecule has 5 nitrogen and oxygen atoms in total. The molecule has 0 spiro atoms. The minimum atomic E-state index is -3.29. The lowest BCUT2D eigenvalue weighted by Gasteiger charge is -2.21. The molecule has 3 rings (SSSR count). The molecule has 1 aliphatic rings. The normalized spacial score (nSPS) is 13.9. The first-order valence-electron chi connectivity index (χ1n) is 7.99. The fraction of sp³-hybridized carbons (Fsp3) is 0.333. The Morgan fingerprint density at radius 1 is 1.04 bits per heavy atom. The molecular weight excluding hydrogens is 406 g/mol. The number of benzene rings is 2. The smallest absolute Gasteiger partial charge is 0.179 e. The summed E-state index contributed by atoms with van der Waals surface area (Å²) in [4.78, 5) is 2.34. The van der Waals surface area contributed by atoms with Crippen molar-refractivity contribution < 1.29 is 17.9 Å². The van der Waals surface area contributed by atoms with Crippen molar-refractivity contribution in [2.75, 3.05) is 32.6 Å². The van der Waals surface area contributed by atoms with E-state index in [0.29, 0.717) is 31.2 Å². The minimum Gasteiger partial charge on any atom is -0.486 e. The molecule has 0 aromatic heterocycles. The highest BCUT2D eigenvalue weighted by Gasteiger charge is 2.16. The second kappa shape index (κ2) is 7.76. The van der Waals surface area contributed by atoms with Crippen LogP contribution in [0.3, 0.4) is 0 Å². The van der Waals surface area contributed by atoms with Crippen molar-refractivity contribution in [2.45, 2.75) is 11.4 Å². The SMILES string of the molecule is CN(CCS(=O)(=O)c1ccc(Br)cc1)Cc1ccc2c(c1)OCCO2. The topological polar surface area (TPSA) is 55.8 Å². The van der Waals surface area contributed by atoms with E-state index < -0.39 is 9.84 Å². The summed E-state index contributed by atoms with van der Waals surface area (Å²) < 4.78 is 36.8. The molecule has 1 heterocycles. The summed E-state index contributed by atoms with van der Waals surface area (Å²) in [5.41, 5.74) is 1.06. The van der Waals surface area contributed by atoms with Crippen LogP contribution in [0, 0.1) is 0 Å². The van der Waals surface area contributed by atoms with Crippen molar-refractivity contribution in [1.82, 2.24) is 4.90 Å². The van der Waals surface area contributed by atoms with Crippen LogP contribution in [0.25, 0.3) is 0 Å². The third-order valence-corrected chi connectivity index (χ3v) is 6.21. The molecule has 2 aromatic carbocycles. The van der Waals surface area contributed by atoms with Crippen LogP contribution >= 0.6 is 15.9 Å². The van der Waals surface area contributed by atoms with Gasteiger partial charge in [0.05, 0.1) is 10.6 Å². The predicted octanol–water partition coefficient (Wildman–Crippen LogP) is 3.13. The van der Waals surface area contributed by atoms with Crippen LogP contribution in [0.1, 0.15) is 5.56 Å². The Balaban J connectivity index is 1.59. The molecule has 0 atom stereocenters. The number of hydrogen-bond donors (Lipinski definition) is 0. The summed E-state index contributed by atoms with van der Waals surface area (Å²) in [6.07, 6.45) is 0. The van der Waals surface area contributed by atoms with Gasteiger partial charge in [0, 0.05) is 17.6 Å². The molecule has 0 bridgehead atoms. The van der Waals surface area contributed by atoms with E-state index in [0.717, 1.165) is 21.5 Å². The van der Waals surface area contributed by atoms with E-state index in [2.05, 4.69) is 15.9 Å². The van der Waals surface area contributed by atoms with Crippen LogP contribution in [0.2, 0.25) is 0 Å². The first kappa shape index (κ1) is 18.2. The summed E-state index contributed by atoms with van der Waals surface area (Å²) in [5, 5.41) is 0. The van der Waals surface area contributed by atoms with Crippen molar-refractivity contribution in [3.8, 4) is 11.5 Å². The summed E-state index contributed by atoms with van der Waals surface area (Å²) in [6, 6.07) is 12.6. The maximum absolute atomic E-state index is 12.4. The van der Waals surface area contributed by atoms with E-state index >= 15 is 0 Å². The molecule has 2 aromatic rings. The largest absolute Gasteiger partial charge is 0.486 e.